The topological polar surface area (TPSA) is 72.9 Å². The maximum atomic E-state index is 12.6. The molecule has 1 fully saturated rings. The van der Waals surface area contributed by atoms with Crippen LogP contribution in [-0.2, 0) is 25.7 Å². The van der Waals surface area contributed by atoms with Crippen LogP contribution in [0.4, 0.5) is 4.79 Å². The van der Waals surface area contributed by atoms with Gasteiger partial charge in [-0.15, -0.1) is 0 Å². The molecule has 136 valence electrons. The summed E-state index contributed by atoms with van der Waals surface area (Å²) in [4.78, 5) is 38.4. The van der Waals surface area contributed by atoms with Crippen LogP contribution in [0.5, 0.6) is 0 Å². The molecule has 6 heteroatoms. The van der Waals surface area contributed by atoms with Gasteiger partial charge in [0.05, 0.1) is 0 Å². The lowest BCUT2D eigenvalue weighted by Gasteiger charge is -2.26. The molecule has 0 saturated carbocycles. The standard InChI is InChI=1S/C19H25NO5/c1-18(2,3)25-17(23)20-14(11-19(4,5)16(20)22)15(21)24-12-13-9-7-6-8-10-13/h6-10,14H,11-12H2,1-5H3. The van der Waals surface area contributed by atoms with E-state index in [0.717, 1.165) is 10.5 Å². The number of carbonyl (C=O) groups is 3. The molecular weight excluding hydrogens is 322 g/mol. The molecule has 0 bridgehead atoms. The van der Waals surface area contributed by atoms with Crippen molar-refractivity contribution < 1.29 is 23.9 Å². The average Bonchev–Trinajstić information content (AvgIpc) is 2.75. The normalized spacial score (nSPS) is 19.6. The minimum absolute atomic E-state index is 0.0902. The molecule has 1 saturated heterocycles. The number of nitrogens with zero attached hydrogens (tertiary/aromatic N) is 1. The second kappa shape index (κ2) is 6.86. The fourth-order valence-electron chi connectivity index (χ4n) is 2.66. The lowest BCUT2D eigenvalue weighted by atomic mass is 9.90. The third-order valence-electron chi connectivity index (χ3n) is 3.90. The number of hydrogen-bond donors (Lipinski definition) is 0. The molecule has 1 aromatic carbocycles. The van der Waals surface area contributed by atoms with Gasteiger partial charge in [-0.1, -0.05) is 44.2 Å². The van der Waals surface area contributed by atoms with Crippen molar-refractivity contribution >= 4 is 18.0 Å². The molecule has 1 unspecified atom stereocenters. The van der Waals surface area contributed by atoms with Gasteiger partial charge in [0.15, 0.2) is 0 Å². The van der Waals surface area contributed by atoms with Gasteiger partial charge in [-0.2, -0.15) is 0 Å². The van der Waals surface area contributed by atoms with Gasteiger partial charge in [0, 0.05) is 5.41 Å². The van der Waals surface area contributed by atoms with E-state index in [-0.39, 0.29) is 13.0 Å². The molecule has 0 aliphatic carbocycles. The van der Waals surface area contributed by atoms with Crippen molar-refractivity contribution in [2.75, 3.05) is 0 Å². The van der Waals surface area contributed by atoms with Crippen molar-refractivity contribution in [2.45, 2.75) is 59.3 Å². The maximum Gasteiger partial charge on any atom is 0.417 e. The molecule has 1 aliphatic heterocycles. The SMILES string of the molecule is CC(C)(C)OC(=O)N1C(=O)C(C)(C)CC1C(=O)OCc1ccccc1. The maximum absolute atomic E-state index is 12.6. The van der Waals surface area contributed by atoms with Gasteiger partial charge >= 0.3 is 12.1 Å². The van der Waals surface area contributed by atoms with Crippen LogP contribution >= 0.6 is 0 Å². The van der Waals surface area contributed by atoms with Crippen LogP contribution in [0.25, 0.3) is 0 Å². The van der Waals surface area contributed by atoms with E-state index in [1.165, 1.54) is 0 Å². The van der Waals surface area contributed by atoms with E-state index in [1.807, 2.05) is 30.3 Å². The summed E-state index contributed by atoms with van der Waals surface area (Å²) < 4.78 is 10.6. The second-order valence-electron chi connectivity index (χ2n) is 7.85. The van der Waals surface area contributed by atoms with Crippen molar-refractivity contribution in [3.05, 3.63) is 35.9 Å². The number of hydrogen-bond acceptors (Lipinski definition) is 5. The Morgan fingerprint density at radius 1 is 1.20 bits per heavy atom. The number of rotatable bonds is 3. The van der Waals surface area contributed by atoms with Gasteiger partial charge in [0.1, 0.15) is 18.2 Å². The quantitative estimate of drug-likeness (QED) is 0.785. The molecule has 0 spiro atoms. The zero-order valence-electron chi connectivity index (χ0n) is 15.4. The van der Waals surface area contributed by atoms with Crippen LogP contribution in [0, 0.1) is 5.41 Å². The summed E-state index contributed by atoms with van der Waals surface area (Å²) in [6.45, 7) is 8.62. The van der Waals surface area contributed by atoms with E-state index in [0.29, 0.717) is 0 Å². The summed E-state index contributed by atoms with van der Waals surface area (Å²) in [5.74, 6) is -1.03. The number of likely N-dealkylation sites (tertiary alicyclic amines) is 1. The van der Waals surface area contributed by atoms with E-state index in [2.05, 4.69) is 0 Å². The summed E-state index contributed by atoms with van der Waals surface area (Å²) in [5.41, 5.74) is -0.751. The predicted molar refractivity (Wildman–Crippen MR) is 91.5 cm³/mol. The monoisotopic (exact) mass is 347 g/mol. The van der Waals surface area contributed by atoms with E-state index in [9.17, 15) is 14.4 Å². The molecule has 1 aromatic rings. The summed E-state index contributed by atoms with van der Waals surface area (Å²) >= 11 is 0. The number of carbonyl (C=O) groups excluding carboxylic acids is 3. The van der Waals surface area contributed by atoms with Gasteiger partial charge in [0.25, 0.3) is 0 Å². The Morgan fingerprint density at radius 2 is 1.80 bits per heavy atom. The molecule has 25 heavy (non-hydrogen) atoms. The molecule has 1 atom stereocenters. The number of esters is 1. The molecular formula is C19H25NO5. The van der Waals surface area contributed by atoms with E-state index in [1.54, 1.807) is 34.6 Å². The predicted octanol–water partition coefficient (Wildman–Crippen LogP) is 3.29. The van der Waals surface area contributed by atoms with Crippen molar-refractivity contribution in [3.63, 3.8) is 0 Å². The highest BCUT2D eigenvalue weighted by Crippen LogP contribution is 2.37. The first kappa shape index (κ1) is 19.0. The number of imide groups is 1. The van der Waals surface area contributed by atoms with Crippen LogP contribution in [-0.4, -0.2) is 34.5 Å². The first-order valence-corrected chi connectivity index (χ1v) is 8.28. The minimum atomic E-state index is -0.971. The largest absolute Gasteiger partial charge is 0.459 e. The Bertz CT molecular complexity index is 660. The van der Waals surface area contributed by atoms with Crippen LogP contribution in [0.15, 0.2) is 30.3 Å². The molecule has 0 N–H and O–H groups in total. The van der Waals surface area contributed by atoms with Gasteiger partial charge in [-0.3, -0.25) is 4.79 Å². The third kappa shape index (κ3) is 4.59. The second-order valence-corrected chi connectivity index (χ2v) is 7.85. The number of benzene rings is 1. The fraction of sp³-hybridized carbons (Fsp3) is 0.526. The van der Waals surface area contributed by atoms with Crippen molar-refractivity contribution in [1.82, 2.24) is 4.90 Å². The van der Waals surface area contributed by atoms with Crippen molar-refractivity contribution in [2.24, 2.45) is 5.41 Å². The Hall–Kier alpha value is -2.37. The van der Waals surface area contributed by atoms with Gasteiger partial charge in [-0.25, -0.2) is 14.5 Å². The summed E-state index contributed by atoms with van der Waals surface area (Å²) in [7, 11) is 0. The van der Waals surface area contributed by atoms with Crippen LogP contribution < -0.4 is 0 Å². The zero-order valence-corrected chi connectivity index (χ0v) is 15.4. The zero-order chi connectivity index (χ0) is 18.8. The Kier molecular flexibility index (Phi) is 5.20. The highest BCUT2D eigenvalue weighted by molar-refractivity contribution is 6.02. The van der Waals surface area contributed by atoms with E-state index >= 15 is 0 Å². The fourth-order valence-corrected chi connectivity index (χ4v) is 2.66. The summed E-state index contributed by atoms with van der Waals surface area (Å²) in [6.07, 6.45) is -0.608. The van der Waals surface area contributed by atoms with Crippen LogP contribution in [0.2, 0.25) is 0 Å². The first-order chi connectivity index (χ1) is 11.5. The molecule has 6 nitrogen and oxygen atoms in total. The van der Waals surface area contributed by atoms with Crippen LogP contribution in [0.3, 0.4) is 0 Å². The smallest absolute Gasteiger partial charge is 0.417 e. The molecule has 0 aromatic heterocycles. The average molecular weight is 347 g/mol. The van der Waals surface area contributed by atoms with E-state index in [4.69, 9.17) is 9.47 Å². The lowest BCUT2D eigenvalue weighted by Crippen LogP contribution is -2.46. The Labute approximate surface area is 148 Å². The van der Waals surface area contributed by atoms with Gasteiger partial charge in [0.2, 0.25) is 5.91 Å². The molecule has 0 radical (unpaired) electrons. The van der Waals surface area contributed by atoms with Crippen LogP contribution in [0.1, 0.15) is 46.6 Å². The van der Waals surface area contributed by atoms with Crippen molar-refractivity contribution in [3.8, 4) is 0 Å². The number of ether oxygens (including phenoxy) is 2. The highest BCUT2D eigenvalue weighted by Gasteiger charge is 2.53. The van der Waals surface area contributed by atoms with Gasteiger partial charge < -0.3 is 9.47 Å². The lowest BCUT2D eigenvalue weighted by molar-refractivity contribution is -0.152. The highest BCUT2D eigenvalue weighted by atomic mass is 16.6. The molecule has 1 aliphatic rings. The Morgan fingerprint density at radius 3 is 2.36 bits per heavy atom. The third-order valence-corrected chi connectivity index (χ3v) is 3.90. The molecule has 2 amide bonds. The number of amides is 2. The Balaban J connectivity index is 2.13. The van der Waals surface area contributed by atoms with E-state index < -0.39 is 35.0 Å². The molecule has 1 heterocycles. The van der Waals surface area contributed by atoms with Gasteiger partial charge in [-0.05, 0) is 32.8 Å². The first-order valence-electron chi connectivity index (χ1n) is 8.28. The van der Waals surface area contributed by atoms with Crippen molar-refractivity contribution in [1.29, 1.82) is 0 Å². The molecule has 2 rings (SSSR count). The summed E-state index contributed by atoms with van der Waals surface area (Å²) in [6, 6.07) is 8.26. The summed E-state index contributed by atoms with van der Waals surface area (Å²) in [5, 5.41) is 0. The minimum Gasteiger partial charge on any atom is -0.459 e.